The van der Waals surface area contributed by atoms with E-state index in [0.717, 1.165) is 13.1 Å². The van der Waals surface area contributed by atoms with Crippen molar-refractivity contribution in [2.75, 3.05) is 13.1 Å². The second kappa shape index (κ2) is 3.52. The van der Waals surface area contributed by atoms with E-state index in [2.05, 4.69) is 31.0 Å². The van der Waals surface area contributed by atoms with E-state index in [0.29, 0.717) is 12.1 Å². The molecular weight excluding hydrogens is 140 g/mol. The van der Waals surface area contributed by atoms with Crippen LogP contribution in [0, 0.1) is 0 Å². The van der Waals surface area contributed by atoms with Crippen LogP contribution in [0.3, 0.4) is 0 Å². The van der Waals surface area contributed by atoms with Crippen LogP contribution in [0.4, 0.5) is 0 Å². The van der Waals surface area contributed by atoms with Crippen molar-refractivity contribution in [2.24, 2.45) is 0 Å². The zero-order chi connectivity index (χ0) is 8.43. The molecule has 11 heavy (non-hydrogen) atoms. The van der Waals surface area contributed by atoms with Crippen molar-refractivity contribution >= 4 is 0 Å². The van der Waals surface area contributed by atoms with Gasteiger partial charge in [-0.25, -0.2) is 0 Å². The van der Waals surface area contributed by atoms with Crippen molar-refractivity contribution in [1.29, 1.82) is 0 Å². The highest BCUT2D eigenvalue weighted by Crippen LogP contribution is 2.06. The van der Waals surface area contributed by atoms with Crippen LogP contribution < -0.4 is 5.32 Å². The molecule has 0 aromatic rings. The van der Waals surface area contributed by atoms with Gasteiger partial charge in [0, 0.05) is 25.2 Å². The maximum absolute atomic E-state index is 9.35. The van der Waals surface area contributed by atoms with E-state index in [4.69, 9.17) is 0 Å². The van der Waals surface area contributed by atoms with E-state index in [-0.39, 0.29) is 6.23 Å². The Morgan fingerprint density at radius 2 is 2.09 bits per heavy atom. The average molecular weight is 158 g/mol. The van der Waals surface area contributed by atoms with Crippen LogP contribution in [-0.2, 0) is 0 Å². The van der Waals surface area contributed by atoms with Crippen molar-refractivity contribution in [3.8, 4) is 0 Å². The lowest BCUT2D eigenvalue weighted by Crippen LogP contribution is -2.57. The second-order valence-electron chi connectivity index (χ2n) is 3.63. The third-order valence-electron chi connectivity index (χ3n) is 2.12. The SMILES string of the molecule is CC1CN(C(C)C)CC(O)N1. The molecule has 0 aromatic heterocycles. The second-order valence-corrected chi connectivity index (χ2v) is 3.63. The quantitative estimate of drug-likeness (QED) is 0.564. The molecule has 0 spiro atoms. The summed E-state index contributed by atoms with van der Waals surface area (Å²) in [5.41, 5.74) is 0. The molecular formula is C8H18N2O. The zero-order valence-electron chi connectivity index (χ0n) is 7.54. The number of aliphatic hydroxyl groups excluding tert-OH is 1. The van der Waals surface area contributed by atoms with E-state index >= 15 is 0 Å². The zero-order valence-corrected chi connectivity index (χ0v) is 7.54. The van der Waals surface area contributed by atoms with E-state index in [1.165, 1.54) is 0 Å². The number of β-amino-alcohol motifs (C(OH)–C–C–N with tert-alkyl or cyclic N) is 1. The van der Waals surface area contributed by atoms with Gasteiger partial charge in [0.25, 0.3) is 0 Å². The summed E-state index contributed by atoms with van der Waals surface area (Å²) in [5, 5.41) is 12.4. The monoisotopic (exact) mass is 158 g/mol. The number of nitrogens with one attached hydrogen (secondary N) is 1. The third-order valence-corrected chi connectivity index (χ3v) is 2.12. The van der Waals surface area contributed by atoms with Gasteiger partial charge in [-0.1, -0.05) is 0 Å². The summed E-state index contributed by atoms with van der Waals surface area (Å²) in [7, 11) is 0. The lowest BCUT2D eigenvalue weighted by molar-refractivity contribution is 0.0212. The maximum Gasteiger partial charge on any atom is 0.118 e. The Labute approximate surface area is 68.4 Å². The maximum atomic E-state index is 9.35. The molecule has 3 nitrogen and oxygen atoms in total. The van der Waals surface area contributed by atoms with Gasteiger partial charge in [0.2, 0.25) is 0 Å². The largest absolute Gasteiger partial charge is 0.377 e. The lowest BCUT2D eigenvalue weighted by Gasteiger charge is -2.37. The van der Waals surface area contributed by atoms with E-state index < -0.39 is 0 Å². The summed E-state index contributed by atoms with van der Waals surface area (Å²) in [5.74, 6) is 0. The Morgan fingerprint density at radius 3 is 2.55 bits per heavy atom. The minimum atomic E-state index is -0.346. The first-order valence-corrected chi connectivity index (χ1v) is 4.27. The Balaban J connectivity index is 2.43. The van der Waals surface area contributed by atoms with Gasteiger partial charge in [0.05, 0.1) is 0 Å². The van der Waals surface area contributed by atoms with Gasteiger partial charge in [0.15, 0.2) is 0 Å². The Morgan fingerprint density at radius 1 is 1.45 bits per heavy atom. The summed E-state index contributed by atoms with van der Waals surface area (Å²) < 4.78 is 0. The first-order chi connectivity index (χ1) is 5.09. The van der Waals surface area contributed by atoms with Crippen molar-refractivity contribution in [3.63, 3.8) is 0 Å². The molecule has 3 heteroatoms. The van der Waals surface area contributed by atoms with Crippen molar-refractivity contribution < 1.29 is 5.11 Å². The summed E-state index contributed by atoms with van der Waals surface area (Å²) in [4.78, 5) is 2.28. The molecule has 2 atom stereocenters. The molecule has 0 amide bonds. The van der Waals surface area contributed by atoms with Crippen molar-refractivity contribution in [2.45, 2.75) is 39.1 Å². The molecule has 1 fully saturated rings. The molecule has 0 aliphatic carbocycles. The highest BCUT2D eigenvalue weighted by Gasteiger charge is 2.23. The standard InChI is InChI=1S/C8H18N2O/c1-6(2)10-4-7(3)9-8(11)5-10/h6-9,11H,4-5H2,1-3H3. The molecule has 1 saturated heterocycles. The molecule has 0 saturated carbocycles. The molecule has 1 aliphatic rings. The molecule has 1 heterocycles. The van der Waals surface area contributed by atoms with Crippen LogP contribution in [0.25, 0.3) is 0 Å². The van der Waals surface area contributed by atoms with E-state index in [1.807, 2.05) is 0 Å². The fourth-order valence-corrected chi connectivity index (χ4v) is 1.50. The molecule has 0 aromatic carbocycles. The van der Waals surface area contributed by atoms with Gasteiger partial charge in [-0.2, -0.15) is 0 Å². The van der Waals surface area contributed by atoms with Crippen LogP contribution >= 0.6 is 0 Å². The van der Waals surface area contributed by atoms with Crippen molar-refractivity contribution in [1.82, 2.24) is 10.2 Å². The Bertz CT molecular complexity index is 117. The number of hydrogen-bond acceptors (Lipinski definition) is 3. The van der Waals surface area contributed by atoms with Crippen molar-refractivity contribution in [3.05, 3.63) is 0 Å². The molecule has 2 unspecified atom stereocenters. The van der Waals surface area contributed by atoms with Crippen LogP contribution in [0.5, 0.6) is 0 Å². The van der Waals surface area contributed by atoms with Crippen LogP contribution in [0.1, 0.15) is 20.8 Å². The van der Waals surface area contributed by atoms with Crippen LogP contribution in [0.2, 0.25) is 0 Å². The van der Waals surface area contributed by atoms with Gasteiger partial charge in [0.1, 0.15) is 6.23 Å². The first kappa shape index (κ1) is 8.97. The van der Waals surface area contributed by atoms with Crippen LogP contribution in [0.15, 0.2) is 0 Å². The van der Waals surface area contributed by atoms with Gasteiger partial charge >= 0.3 is 0 Å². The van der Waals surface area contributed by atoms with E-state index in [1.54, 1.807) is 0 Å². The molecule has 1 rings (SSSR count). The fourth-order valence-electron chi connectivity index (χ4n) is 1.50. The number of aliphatic hydroxyl groups is 1. The summed E-state index contributed by atoms with van der Waals surface area (Å²) in [6.07, 6.45) is -0.346. The number of hydrogen-bond donors (Lipinski definition) is 2. The average Bonchev–Trinajstić information content (AvgIpc) is 1.85. The van der Waals surface area contributed by atoms with Crippen LogP contribution in [-0.4, -0.2) is 41.4 Å². The van der Waals surface area contributed by atoms with Gasteiger partial charge in [-0.3, -0.25) is 10.2 Å². The molecule has 0 bridgehead atoms. The summed E-state index contributed by atoms with van der Waals surface area (Å²) in [6, 6.07) is 0.940. The smallest absolute Gasteiger partial charge is 0.118 e. The Hall–Kier alpha value is -0.120. The fraction of sp³-hybridized carbons (Fsp3) is 1.00. The molecule has 66 valence electrons. The summed E-state index contributed by atoms with van der Waals surface area (Å²) in [6.45, 7) is 8.20. The molecule has 1 aliphatic heterocycles. The highest BCUT2D eigenvalue weighted by atomic mass is 16.3. The Kier molecular flexibility index (Phi) is 2.87. The minimum absolute atomic E-state index is 0.346. The summed E-state index contributed by atoms with van der Waals surface area (Å²) >= 11 is 0. The number of nitrogens with zero attached hydrogens (tertiary/aromatic N) is 1. The number of rotatable bonds is 1. The normalized spacial score (nSPS) is 34.6. The van der Waals surface area contributed by atoms with Gasteiger partial charge in [-0.15, -0.1) is 0 Å². The third kappa shape index (κ3) is 2.43. The highest BCUT2D eigenvalue weighted by molar-refractivity contribution is 4.79. The van der Waals surface area contributed by atoms with Gasteiger partial charge in [-0.05, 0) is 20.8 Å². The predicted molar refractivity (Wildman–Crippen MR) is 45.3 cm³/mol. The lowest BCUT2D eigenvalue weighted by atomic mass is 10.2. The molecule has 0 radical (unpaired) electrons. The van der Waals surface area contributed by atoms with Gasteiger partial charge < -0.3 is 5.11 Å². The minimum Gasteiger partial charge on any atom is -0.377 e. The molecule has 2 N–H and O–H groups in total. The first-order valence-electron chi connectivity index (χ1n) is 4.27. The topological polar surface area (TPSA) is 35.5 Å². The number of piperazine rings is 1. The predicted octanol–water partition coefficient (Wildman–Crippen LogP) is 0.00690. The van der Waals surface area contributed by atoms with E-state index in [9.17, 15) is 5.11 Å².